The number of nitrogens with zero attached hydrogens (tertiary/aromatic N) is 1. The van der Waals surface area contributed by atoms with Gasteiger partial charge in [0.25, 0.3) is 0 Å². The summed E-state index contributed by atoms with van der Waals surface area (Å²) in [5, 5.41) is 0. The molecule has 0 spiro atoms. The predicted octanol–water partition coefficient (Wildman–Crippen LogP) is 2.64. The molecule has 0 aromatic rings. The van der Waals surface area contributed by atoms with Gasteiger partial charge in [-0.05, 0) is 39.3 Å². The van der Waals surface area contributed by atoms with Crippen LogP contribution < -0.4 is 0 Å². The van der Waals surface area contributed by atoms with Crippen molar-refractivity contribution in [3.05, 3.63) is 36.2 Å². The number of hydrogen-bond donors (Lipinski definition) is 0. The molecule has 1 rings (SSSR count). The first-order valence-corrected chi connectivity index (χ1v) is 4.71. The first kappa shape index (κ1) is 10.8. The lowest BCUT2D eigenvalue weighted by Crippen LogP contribution is -2.34. The molecule has 2 heteroatoms. The Morgan fingerprint density at radius 2 is 2.00 bits per heavy atom. The molecule has 2 nitrogen and oxygen atoms in total. The first-order chi connectivity index (χ1) is 6.32. The van der Waals surface area contributed by atoms with Gasteiger partial charge in [-0.3, -0.25) is 4.79 Å². The van der Waals surface area contributed by atoms with E-state index in [-0.39, 0.29) is 11.3 Å². The molecule has 0 fully saturated rings. The van der Waals surface area contributed by atoms with Crippen LogP contribution in [0.1, 0.15) is 27.7 Å². The Morgan fingerprint density at radius 3 is 2.43 bits per heavy atom. The number of allylic oxidation sites excluding steroid dienone is 3. The Bertz CT molecular complexity index is 329. The summed E-state index contributed by atoms with van der Waals surface area (Å²) in [7, 11) is 0. The monoisotopic (exact) mass is 191 g/mol. The van der Waals surface area contributed by atoms with Crippen molar-refractivity contribution in [3.63, 3.8) is 0 Å². The lowest BCUT2D eigenvalue weighted by Gasteiger charge is -2.34. The fraction of sp³-hybridized carbons (Fsp3) is 0.417. The second-order valence-corrected chi connectivity index (χ2v) is 4.52. The average Bonchev–Trinajstić information content (AvgIpc) is 2.02. The van der Waals surface area contributed by atoms with Crippen molar-refractivity contribution in [1.29, 1.82) is 0 Å². The van der Waals surface area contributed by atoms with Crippen LogP contribution in [0.2, 0.25) is 0 Å². The van der Waals surface area contributed by atoms with Crippen LogP contribution in [-0.4, -0.2) is 16.2 Å². The van der Waals surface area contributed by atoms with Crippen LogP contribution >= 0.6 is 0 Å². The van der Waals surface area contributed by atoms with E-state index in [9.17, 15) is 4.79 Å². The van der Waals surface area contributed by atoms with Gasteiger partial charge >= 0.3 is 0 Å². The number of Topliss-reactive ketones (excluding diaryl/α,β-unsaturated/α-hetero) is 1. The minimum absolute atomic E-state index is 0.00208. The summed E-state index contributed by atoms with van der Waals surface area (Å²) >= 11 is 0. The Morgan fingerprint density at radius 1 is 1.43 bits per heavy atom. The normalized spacial score (nSPS) is 17.0. The van der Waals surface area contributed by atoms with E-state index in [2.05, 4.69) is 27.4 Å². The molecule has 0 aromatic heterocycles. The largest absolute Gasteiger partial charge is 0.348 e. The van der Waals surface area contributed by atoms with Crippen molar-refractivity contribution in [2.24, 2.45) is 0 Å². The smallest absolute Gasteiger partial charge is 0.161 e. The van der Waals surface area contributed by atoms with E-state index in [1.165, 1.54) is 0 Å². The molecule has 0 bridgehead atoms. The van der Waals surface area contributed by atoms with Crippen molar-refractivity contribution in [2.75, 3.05) is 0 Å². The molecule has 1 heterocycles. The molecule has 0 atom stereocenters. The average molecular weight is 191 g/mol. The van der Waals surface area contributed by atoms with Gasteiger partial charge in [-0.1, -0.05) is 6.58 Å². The van der Waals surface area contributed by atoms with E-state index in [0.29, 0.717) is 5.57 Å². The van der Waals surface area contributed by atoms with Crippen LogP contribution in [0.4, 0.5) is 0 Å². The van der Waals surface area contributed by atoms with E-state index in [1.54, 1.807) is 6.92 Å². The summed E-state index contributed by atoms with van der Waals surface area (Å²) in [6.07, 6.45) is 5.70. The molecule has 14 heavy (non-hydrogen) atoms. The molecule has 76 valence electrons. The van der Waals surface area contributed by atoms with Gasteiger partial charge < -0.3 is 4.90 Å². The SMILES string of the molecule is C=C1C=CN(C(C)(C)C)C=C1C(C)=O. The standard InChI is InChI=1S/C12H17NO/c1-9-6-7-13(12(3,4)5)8-11(9)10(2)14/h6-8H,1H2,2-5H3. The molecule has 0 N–H and O–H groups in total. The zero-order valence-electron chi connectivity index (χ0n) is 9.29. The van der Waals surface area contributed by atoms with Crippen molar-refractivity contribution in [1.82, 2.24) is 4.90 Å². The van der Waals surface area contributed by atoms with Crippen molar-refractivity contribution < 1.29 is 4.79 Å². The minimum atomic E-state index is -0.00208. The van der Waals surface area contributed by atoms with Gasteiger partial charge in [-0.25, -0.2) is 0 Å². The predicted molar refractivity (Wildman–Crippen MR) is 58.6 cm³/mol. The third-order valence-corrected chi connectivity index (χ3v) is 2.20. The molecular weight excluding hydrogens is 174 g/mol. The Balaban J connectivity index is 3.02. The lowest BCUT2D eigenvalue weighted by atomic mass is 9.99. The van der Waals surface area contributed by atoms with Gasteiger partial charge in [-0.2, -0.15) is 0 Å². The summed E-state index contributed by atoms with van der Waals surface area (Å²) in [6.45, 7) is 11.7. The van der Waals surface area contributed by atoms with Crippen LogP contribution in [0.15, 0.2) is 36.2 Å². The van der Waals surface area contributed by atoms with E-state index >= 15 is 0 Å². The molecular formula is C12H17NO. The molecule has 1 aliphatic rings. The number of hydrogen-bond acceptors (Lipinski definition) is 2. The first-order valence-electron chi connectivity index (χ1n) is 4.71. The number of carbonyl (C=O) groups excluding carboxylic acids is 1. The van der Waals surface area contributed by atoms with E-state index < -0.39 is 0 Å². The Labute approximate surface area is 85.6 Å². The maximum Gasteiger partial charge on any atom is 0.161 e. The molecule has 0 amide bonds. The van der Waals surface area contributed by atoms with E-state index in [1.807, 2.05) is 23.4 Å². The van der Waals surface area contributed by atoms with E-state index in [0.717, 1.165) is 5.57 Å². The maximum absolute atomic E-state index is 11.3. The quantitative estimate of drug-likeness (QED) is 0.635. The highest BCUT2D eigenvalue weighted by atomic mass is 16.1. The molecule has 0 aliphatic carbocycles. The van der Waals surface area contributed by atoms with E-state index in [4.69, 9.17) is 0 Å². The van der Waals surface area contributed by atoms with Crippen LogP contribution in [0.25, 0.3) is 0 Å². The number of carbonyl (C=O) groups is 1. The molecule has 1 aliphatic heterocycles. The van der Waals surface area contributed by atoms with Crippen LogP contribution in [0.5, 0.6) is 0 Å². The molecule has 0 aromatic carbocycles. The van der Waals surface area contributed by atoms with Gasteiger partial charge in [0.1, 0.15) is 0 Å². The summed E-state index contributed by atoms with van der Waals surface area (Å²) in [5.74, 6) is 0.0635. The summed E-state index contributed by atoms with van der Waals surface area (Å²) in [5.41, 5.74) is 1.48. The van der Waals surface area contributed by atoms with Gasteiger partial charge in [0.05, 0.1) is 0 Å². The Kier molecular flexibility index (Phi) is 2.65. The van der Waals surface area contributed by atoms with Gasteiger partial charge in [0.15, 0.2) is 5.78 Å². The highest BCUT2D eigenvalue weighted by Crippen LogP contribution is 2.23. The minimum Gasteiger partial charge on any atom is -0.348 e. The number of rotatable bonds is 1. The fourth-order valence-electron chi connectivity index (χ4n) is 1.26. The highest BCUT2D eigenvalue weighted by Gasteiger charge is 2.21. The van der Waals surface area contributed by atoms with Gasteiger partial charge in [0, 0.05) is 23.5 Å². The fourth-order valence-corrected chi connectivity index (χ4v) is 1.26. The Hall–Kier alpha value is -1.31. The molecule has 0 saturated carbocycles. The highest BCUT2D eigenvalue weighted by molar-refractivity contribution is 5.98. The topological polar surface area (TPSA) is 20.3 Å². The third kappa shape index (κ3) is 2.13. The molecule has 0 unspecified atom stereocenters. The summed E-state index contributed by atoms with van der Waals surface area (Å²) in [6, 6.07) is 0. The lowest BCUT2D eigenvalue weighted by molar-refractivity contribution is -0.113. The summed E-state index contributed by atoms with van der Waals surface area (Å²) in [4.78, 5) is 13.3. The van der Waals surface area contributed by atoms with Crippen molar-refractivity contribution >= 4 is 5.78 Å². The molecule has 0 radical (unpaired) electrons. The third-order valence-electron chi connectivity index (χ3n) is 2.20. The van der Waals surface area contributed by atoms with Crippen molar-refractivity contribution in [2.45, 2.75) is 33.2 Å². The zero-order chi connectivity index (χ0) is 10.9. The maximum atomic E-state index is 11.3. The van der Waals surface area contributed by atoms with Crippen molar-refractivity contribution in [3.8, 4) is 0 Å². The van der Waals surface area contributed by atoms with Crippen LogP contribution in [-0.2, 0) is 4.79 Å². The second-order valence-electron chi connectivity index (χ2n) is 4.52. The van der Waals surface area contributed by atoms with Crippen LogP contribution in [0.3, 0.4) is 0 Å². The van der Waals surface area contributed by atoms with Gasteiger partial charge in [-0.15, -0.1) is 0 Å². The molecule has 0 saturated heterocycles. The number of ketones is 1. The zero-order valence-corrected chi connectivity index (χ0v) is 9.29. The van der Waals surface area contributed by atoms with Gasteiger partial charge in [0.2, 0.25) is 0 Å². The van der Waals surface area contributed by atoms with Crippen LogP contribution in [0, 0.1) is 0 Å². The second kappa shape index (κ2) is 3.45. The summed E-state index contributed by atoms with van der Waals surface area (Å²) < 4.78 is 0.